The molecule has 0 aromatic rings. The van der Waals surface area contributed by atoms with Crippen LogP contribution in [0.25, 0.3) is 0 Å². The Morgan fingerprint density at radius 1 is 0.613 bits per heavy atom. The molecule has 0 aliphatic carbocycles. The normalized spacial score (nSPS) is 13.8. The summed E-state index contributed by atoms with van der Waals surface area (Å²) in [5.41, 5.74) is 0. The van der Waals surface area contributed by atoms with Crippen LogP contribution in [0, 0.1) is 0 Å². The third kappa shape index (κ3) is 17.3. The molecule has 0 amide bonds. The van der Waals surface area contributed by atoms with Gasteiger partial charge in [0, 0.05) is 0 Å². The quantitative estimate of drug-likeness (QED) is 0.0736. The number of methoxy groups -OCH3 is 5. The van der Waals surface area contributed by atoms with Crippen molar-refractivity contribution < 1.29 is 23.7 Å². The van der Waals surface area contributed by atoms with E-state index in [1.807, 2.05) is 28.4 Å². The average Bonchev–Trinajstić information content (AvgIpc) is 2.77. The monoisotopic (exact) mass is 556 g/mol. The molecule has 0 aliphatic heterocycles. The van der Waals surface area contributed by atoms with Gasteiger partial charge in [-0.1, -0.05) is 0 Å². The molecule has 0 N–H and O–H groups in total. The molecule has 0 radical (unpaired) electrons. The summed E-state index contributed by atoms with van der Waals surface area (Å²) in [7, 11) is 16.7. The van der Waals surface area contributed by atoms with Gasteiger partial charge in [0.1, 0.15) is 0 Å². The molecule has 0 heterocycles. The Bertz CT molecular complexity index is 369. The zero-order valence-electron chi connectivity index (χ0n) is 20.4. The summed E-state index contributed by atoms with van der Waals surface area (Å²) in [5, 5.41) is 0. The van der Waals surface area contributed by atoms with Crippen molar-refractivity contribution in [2.45, 2.75) is 32.1 Å². The summed E-state index contributed by atoms with van der Waals surface area (Å²) in [6, 6.07) is 0. The SMILES string of the molecule is COCCCP(P)SS[PH](CCCOC)(CCCOC)P(CCCOC)CCCOC. The first-order valence-corrected chi connectivity index (χ1v) is 22.8. The fraction of sp³-hybridized carbons (Fsp3) is 1.00. The molecule has 11 heteroatoms. The molecule has 0 fully saturated rings. The van der Waals surface area contributed by atoms with Gasteiger partial charge in [0.2, 0.25) is 0 Å². The van der Waals surface area contributed by atoms with Gasteiger partial charge in [0.15, 0.2) is 0 Å². The molecule has 5 nitrogen and oxygen atoms in total. The van der Waals surface area contributed by atoms with Gasteiger partial charge in [-0.3, -0.25) is 0 Å². The fourth-order valence-corrected chi connectivity index (χ4v) is 40.8. The van der Waals surface area contributed by atoms with Gasteiger partial charge in [0.25, 0.3) is 0 Å². The Balaban J connectivity index is 5.46. The predicted molar refractivity (Wildman–Crippen MR) is 154 cm³/mol. The van der Waals surface area contributed by atoms with Crippen LogP contribution < -0.4 is 0 Å². The zero-order chi connectivity index (χ0) is 23.2. The zero-order valence-corrected chi connectivity index (χ0v) is 26.0. The molecular formula is C20H48O5P4S2. The Hall–Kier alpha value is 2.22. The van der Waals surface area contributed by atoms with Gasteiger partial charge in [-0.25, -0.2) is 0 Å². The molecule has 31 heavy (non-hydrogen) atoms. The van der Waals surface area contributed by atoms with Crippen LogP contribution in [-0.4, -0.2) is 99.4 Å². The summed E-state index contributed by atoms with van der Waals surface area (Å²) in [4.78, 5) is 0. The molecule has 2 atom stereocenters. The first-order valence-electron chi connectivity index (χ1n) is 11.2. The Morgan fingerprint density at radius 3 is 1.42 bits per heavy atom. The molecule has 0 aromatic heterocycles. The standard InChI is InChI=1S/C20H48O5P4S2/c1-21-11-6-16-27(17-7-12-22-2)29(19-9-14-24-4,20-10-15-25-5)31-30-28(26)18-8-13-23-3/h29H,6-20,26H2,1-5H3. The van der Waals surface area contributed by atoms with Crippen molar-refractivity contribution in [2.75, 3.05) is 99.4 Å². The van der Waals surface area contributed by atoms with E-state index in [0.717, 1.165) is 39.5 Å². The fourth-order valence-electron chi connectivity index (χ4n) is 3.40. The topological polar surface area (TPSA) is 46.2 Å². The third-order valence-electron chi connectivity index (χ3n) is 4.98. The second-order valence-corrected chi connectivity index (χ2v) is 29.8. The average molecular weight is 557 g/mol. The minimum absolute atomic E-state index is 0.0251. The summed E-state index contributed by atoms with van der Waals surface area (Å²) < 4.78 is 27.0. The molecule has 0 saturated heterocycles. The second kappa shape index (κ2) is 23.9. The summed E-state index contributed by atoms with van der Waals surface area (Å²) in [6.45, 7) is 4.24. The van der Waals surface area contributed by atoms with Crippen molar-refractivity contribution in [1.82, 2.24) is 0 Å². The van der Waals surface area contributed by atoms with E-state index < -0.39 is 6.15 Å². The van der Waals surface area contributed by atoms with E-state index in [2.05, 4.69) is 29.8 Å². The Morgan fingerprint density at radius 2 is 1.00 bits per heavy atom. The van der Waals surface area contributed by atoms with Crippen LogP contribution in [0.4, 0.5) is 0 Å². The van der Waals surface area contributed by atoms with Crippen molar-refractivity contribution in [3.05, 3.63) is 0 Å². The van der Waals surface area contributed by atoms with Gasteiger partial charge < -0.3 is 0 Å². The number of rotatable bonds is 24. The van der Waals surface area contributed by atoms with Gasteiger partial charge >= 0.3 is 206 Å². The van der Waals surface area contributed by atoms with E-state index in [9.17, 15) is 0 Å². The van der Waals surface area contributed by atoms with Gasteiger partial charge in [-0.15, -0.1) is 0 Å². The molecular weight excluding hydrogens is 508 g/mol. The molecule has 0 rings (SSSR count). The minimum atomic E-state index is -1.56. The van der Waals surface area contributed by atoms with E-state index in [-0.39, 0.29) is 14.4 Å². The molecule has 0 bridgehead atoms. The molecule has 0 aliphatic rings. The van der Waals surface area contributed by atoms with Crippen LogP contribution in [0.2, 0.25) is 0 Å². The number of hydrogen-bond donors (Lipinski definition) is 0. The van der Waals surface area contributed by atoms with E-state index in [1.54, 1.807) is 7.11 Å². The van der Waals surface area contributed by atoms with E-state index >= 15 is 0 Å². The van der Waals surface area contributed by atoms with E-state index in [4.69, 9.17) is 23.7 Å². The molecule has 0 spiro atoms. The van der Waals surface area contributed by atoms with Crippen molar-refractivity contribution in [3.8, 4) is 0 Å². The van der Waals surface area contributed by atoms with E-state index in [1.165, 1.54) is 56.5 Å². The van der Waals surface area contributed by atoms with Crippen LogP contribution in [0.1, 0.15) is 32.1 Å². The summed E-state index contributed by atoms with van der Waals surface area (Å²) in [6.07, 6.45) is 10.9. The number of ether oxygens (including phenoxy) is 5. The Labute approximate surface area is 205 Å². The maximum absolute atomic E-state index is 5.47. The molecule has 190 valence electrons. The van der Waals surface area contributed by atoms with Gasteiger partial charge in [-0.05, 0) is 0 Å². The van der Waals surface area contributed by atoms with Crippen LogP contribution in [0.15, 0.2) is 0 Å². The molecule has 2 unspecified atom stereocenters. The van der Waals surface area contributed by atoms with Crippen LogP contribution in [0.5, 0.6) is 0 Å². The van der Waals surface area contributed by atoms with Crippen molar-refractivity contribution in [1.29, 1.82) is 0 Å². The van der Waals surface area contributed by atoms with Gasteiger partial charge in [-0.2, -0.15) is 0 Å². The van der Waals surface area contributed by atoms with Crippen LogP contribution in [-0.2, 0) is 23.7 Å². The summed E-state index contributed by atoms with van der Waals surface area (Å²) >= 11 is 0. The first-order chi connectivity index (χ1) is 15.1. The van der Waals surface area contributed by atoms with Crippen molar-refractivity contribution >= 4 is 50.3 Å². The third-order valence-corrected chi connectivity index (χ3v) is 35.7. The van der Waals surface area contributed by atoms with Gasteiger partial charge in [0.05, 0.1) is 0 Å². The van der Waals surface area contributed by atoms with Crippen LogP contribution in [0.3, 0.4) is 0 Å². The van der Waals surface area contributed by atoms with E-state index in [0.29, 0.717) is 0 Å². The van der Waals surface area contributed by atoms with Crippen LogP contribution >= 0.6 is 50.3 Å². The molecule has 0 saturated carbocycles. The van der Waals surface area contributed by atoms with Crippen molar-refractivity contribution in [3.63, 3.8) is 0 Å². The van der Waals surface area contributed by atoms with Crippen molar-refractivity contribution in [2.24, 2.45) is 0 Å². The summed E-state index contributed by atoms with van der Waals surface area (Å²) in [5.74, 6) is 0. The maximum atomic E-state index is 5.47. The molecule has 0 aromatic carbocycles. The predicted octanol–water partition coefficient (Wildman–Crippen LogP) is 6.80. The number of hydrogen-bond acceptors (Lipinski definition) is 7. The first kappa shape index (κ1) is 33.2. The Kier molecular flexibility index (Phi) is 25.7. The second-order valence-electron chi connectivity index (χ2n) is 7.46.